The van der Waals surface area contributed by atoms with E-state index in [1.165, 1.54) is 12.8 Å². The average molecular weight is 143 g/mol. The van der Waals surface area contributed by atoms with Gasteiger partial charge in [-0.2, -0.15) is 0 Å². The van der Waals surface area contributed by atoms with E-state index in [-0.39, 0.29) is 0 Å². The Hall–Kier alpha value is -0.0800. The lowest BCUT2D eigenvalue weighted by atomic mass is 10.5. The van der Waals surface area contributed by atoms with Gasteiger partial charge in [-0.3, -0.25) is 0 Å². The van der Waals surface area contributed by atoms with Crippen molar-refractivity contribution < 1.29 is 4.74 Å². The molecule has 0 saturated heterocycles. The fourth-order valence-electron chi connectivity index (χ4n) is 0.869. The maximum atomic E-state index is 5.30. The summed E-state index contributed by atoms with van der Waals surface area (Å²) in [6.07, 6.45) is 3.87. The molecule has 0 bridgehead atoms. The molecule has 0 amide bonds. The summed E-state index contributed by atoms with van der Waals surface area (Å²) in [7, 11) is 0. The molecule has 0 atom stereocenters. The fourth-order valence-corrected chi connectivity index (χ4v) is 0.869. The van der Waals surface area contributed by atoms with Gasteiger partial charge >= 0.3 is 0 Å². The largest absolute Gasteiger partial charge is 0.380 e. The van der Waals surface area contributed by atoms with Crippen LogP contribution in [0.2, 0.25) is 0 Å². The van der Waals surface area contributed by atoms with Crippen molar-refractivity contribution in [1.29, 1.82) is 0 Å². The second-order valence-corrected chi connectivity index (χ2v) is 2.84. The molecular weight excluding hydrogens is 126 g/mol. The second kappa shape index (κ2) is 4.69. The Bertz CT molecular complexity index is 81.3. The summed E-state index contributed by atoms with van der Waals surface area (Å²) in [4.78, 5) is 0. The predicted molar refractivity (Wildman–Crippen MR) is 42.1 cm³/mol. The van der Waals surface area contributed by atoms with E-state index in [4.69, 9.17) is 4.74 Å². The van der Waals surface area contributed by atoms with Crippen molar-refractivity contribution in [2.45, 2.75) is 32.2 Å². The number of ether oxygens (including phenoxy) is 1. The lowest BCUT2D eigenvalue weighted by Gasteiger charge is -2.02. The first-order valence-corrected chi connectivity index (χ1v) is 4.24. The smallest absolute Gasteiger partial charge is 0.0590 e. The highest BCUT2D eigenvalue weighted by molar-refractivity contribution is 4.80. The third-order valence-electron chi connectivity index (χ3n) is 1.61. The molecule has 0 heterocycles. The Balaban J connectivity index is 1.68. The van der Waals surface area contributed by atoms with Crippen LogP contribution in [-0.4, -0.2) is 25.8 Å². The van der Waals surface area contributed by atoms with Gasteiger partial charge in [0.15, 0.2) is 0 Å². The maximum Gasteiger partial charge on any atom is 0.0590 e. The molecule has 0 radical (unpaired) electrons. The molecule has 0 aliphatic heterocycles. The van der Waals surface area contributed by atoms with Crippen LogP contribution >= 0.6 is 0 Å². The molecule has 0 aromatic carbocycles. The Morgan fingerprint density at radius 1 is 1.40 bits per heavy atom. The van der Waals surface area contributed by atoms with Crippen LogP contribution in [0.25, 0.3) is 0 Å². The lowest BCUT2D eigenvalue weighted by molar-refractivity contribution is 0.136. The molecule has 1 rings (SSSR count). The molecule has 0 aromatic heterocycles. The minimum Gasteiger partial charge on any atom is -0.380 e. The summed E-state index contributed by atoms with van der Waals surface area (Å²) in [5.41, 5.74) is 0. The lowest BCUT2D eigenvalue weighted by Crippen LogP contribution is -2.21. The monoisotopic (exact) mass is 143 g/mol. The highest BCUT2D eigenvalue weighted by Gasteiger charge is 2.19. The van der Waals surface area contributed by atoms with Crippen LogP contribution in [-0.2, 0) is 4.74 Å². The van der Waals surface area contributed by atoms with Gasteiger partial charge < -0.3 is 10.1 Å². The first-order chi connectivity index (χ1) is 4.93. The molecular formula is C8H17NO. The molecule has 1 aliphatic carbocycles. The normalized spacial score (nSPS) is 17.7. The zero-order chi connectivity index (χ0) is 7.23. The summed E-state index contributed by atoms with van der Waals surface area (Å²) < 4.78 is 5.30. The van der Waals surface area contributed by atoms with Crippen LogP contribution < -0.4 is 5.32 Å². The Kier molecular flexibility index (Phi) is 3.76. The van der Waals surface area contributed by atoms with Gasteiger partial charge in [-0.25, -0.2) is 0 Å². The standard InChI is InChI=1S/C8H17NO/c1-2-6-10-7-5-9-8-3-4-8/h8-9H,2-7H2,1H3. The van der Waals surface area contributed by atoms with Crippen molar-refractivity contribution in [3.05, 3.63) is 0 Å². The van der Waals surface area contributed by atoms with Crippen molar-refractivity contribution in [2.75, 3.05) is 19.8 Å². The highest BCUT2D eigenvalue weighted by Crippen LogP contribution is 2.17. The fraction of sp³-hybridized carbons (Fsp3) is 1.00. The minimum atomic E-state index is 0.824. The molecule has 0 spiro atoms. The Morgan fingerprint density at radius 2 is 2.20 bits per heavy atom. The van der Waals surface area contributed by atoms with Crippen LogP contribution in [0.5, 0.6) is 0 Å². The van der Waals surface area contributed by atoms with E-state index in [9.17, 15) is 0 Å². The molecule has 60 valence electrons. The van der Waals surface area contributed by atoms with E-state index in [2.05, 4.69) is 12.2 Å². The topological polar surface area (TPSA) is 21.3 Å². The van der Waals surface area contributed by atoms with Crippen molar-refractivity contribution >= 4 is 0 Å². The van der Waals surface area contributed by atoms with Gasteiger partial charge in [-0.15, -0.1) is 0 Å². The molecule has 10 heavy (non-hydrogen) atoms. The maximum absolute atomic E-state index is 5.30. The van der Waals surface area contributed by atoms with Crippen LogP contribution in [0, 0.1) is 0 Å². The van der Waals surface area contributed by atoms with Crippen LogP contribution in [0.4, 0.5) is 0 Å². The summed E-state index contributed by atoms with van der Waals surface area (Å²) in [5, 5.41) is 3.39. The van der Waals surface area contributed by atoms with Gasteiger partial charge in [-0.1, -0.05) is 6.92 Å². The van der Waals surface area contributed by atoms with Gasteiger partial charge in [0.2, 0.25) is 0 Å². The molecule has 2 heteroatoms. The van der Waals surface area contributed by atoms with Crippen molar-refractivity contribution in [1.82, 2.24) is 5.32 Å². The SMILES string of the molecule is CCCOCCNC1CC1. The molecule has 1 aliphatic rings. The Labute approximate surface area is 63.0 Å². The van der Waals surface area contributed by atoms with Gasteiger partial charge in [0.05, 0.1) is 6.61 Å². The number of hydrogen-bond acceptors (Lipinski definition) is 2. The van der Waals surface area contributed by atoms with Gasteiger partial charge in [0.1, 0.15) is 0 Å². The first-order valence-electron chi connectivity index (χ1n) is 4.24. The number of rotatable bonds is 6. The highest BCUT2D eigenvalue weighted by atomic mass is 16.5. The third kappa shape index (κ3) is 3.85. The number of hydrogen-bond donors (Lipinski definition) is 1. The van der Waals surface area contributed by atoms with E-state index in [1.807, 2.05) is 0 Å². The van der Waals surface area contributed by atoms with Crippen molar-refractivity contribution in [3.63, 3.8) is 0 Å². The summed E-state index contributed by atoms with van der Waals surface area (Å²) in [6.45, 7) is 4.95. The van der Waals surface area contributed by atoms with E-state index in [1.54, 1.807) is 0 Å². The Morgan fingerprint density at radius 3 is 2.80 bits per heavy atom. The van der Waals surface area contributed by atoms with Crippen LogP contribution in [0.3, 0.4) is 0 Å². The zero-order valence-corrected chi connectivity index (χ0v) is 6.73. The summed E-state index contributed by atoms with van der Waals surface area (Å²) >= 11 is 0. The minimum absolute atomic E-state index is 0.824. The second-order valence-electron chi connectivity index (χ2n) is 2.84. The van der Waals surface area contributed by atoms with Crippen molar-refractivity contribution in [2.24, 2.45) is 0 Å². The summed E-state index contributed by atoms with van der Waals surface area (Å²) in [5.74, 6) is 0. The number of nitrogens with one attached hydrogen (secondary N) is 1. The quantitative estimate of drug-likeness (QED) is 0.563. The van der Waals surface area contributed by atoms with Crippen LogP contribution in [0.15, 0.2) is 0 Å². The molecule has 1 saturated carbocycles. The molecule has 1 fully saturated rings. The third-order valence-corrected chi connectivity index (χ3v) is 1.61. The first kappa shape index (κ1) is 8.02. The van der Waals surface area contributed by atoms with Gasteiger partial charge in [0.25, 0.3) is 0 Å². The van der Waals surface area contributed by atoms with E-state index in [0.717, 1.165) is 32.2 Å². The molecule has 0 unspecified atom stereocenters. The molecule has 2 nitrogen and oxygen atoms in total. The summed E-state index contributed by atoms with van der Waals surface area (Å²) in [6, 6.07) is 0.824. The van der Waals surface area contributed by atoms with E-state index < -0.39 is 0 Å². The van der Waals surface area contributed by atoms with E-state index in [0.29, 0.717) is 0 Å². The van der Waals surface area contributed by atoms with Crippen LogP contribution in [0.1, 0.15) is 26.2 Å². The van der Waals surface area contributed by atoms with E-state index >= 15 is 0 Å². The zero-order valence-electron chi connectivity index (χ0n) is 6.73. The van der Waals surface area contributed by atoms with Gasteiger partial charge in [-0.05, 0) is 19.3 Å². The molecule has 0 aromatic rings. The average Bonchev–Trinajstić information content (AvgIpc) is 2.71. The van der Waals surface area contributed by atoms with Crippen molar-refractivity contribution in [3.8, 4) is 0 Å². The predicted octanol–water partition coefficient (Wildman–Crippen LogP) is 1.17. The molecule has 1 N–H and O–H groups in total. The van der Waals surface area contributed by atoms with Gasteiger partial charge in [0, 0.05) is 19.2 Å².